The van der Waals surface area contributed by atoms with Crippen molar-refractivity contribution in [1.82, 2.24) is 14.5 Å². The molecule has 134 valence electrons. The molecule has 0 unspecified atom stereocenters. The maximum Gasteiger partial charge on any atom is 0.406 e. The van der Waals surface area contributed by atoms with Crippen molar-refractivity contribution in [3.63, 3.8) is 0 Å². The maximum absolute atomic E-state index is 12.6. The van der Waals surface area contributed by atoms with Gasteiger partial charge < -0.3 is 10.3 Å². The highest BCUT2D eigenvalue weighted by Gasteiger charge is 2.29. The summed E-state index contributed by atoms with van der Waals surface area (Å²) in [6, 6.07) is 9.96. The van der Waals surface area contributed by atoms with Gasteiger partial charge in [-0.25, -0.2) is 4.98 Å². The van der Waals surface area contributed by atoms with Gasteiger partial charge in [-0.15, -0.1) is 12.4 Å². The van der Waals surface area contributed by atoms with Crippen LogP contribution in [0, 0.1) is 0 Å². The molecule has 2 rings (SSSR count). The number of benzene rings is 1. The molecule has 0 amide bonds. The number of aromatic nitrogens is 2. The molecule has 2 aromatic rings. The fraction of sp³-hybridized carbons (Fsp3) is 0.438. The second-order valence-corrected chi connectivity index (χ2v) is 5.39. The second kappa shape index (κ2) is 9.66. The number of alkyl halides is 3. The van der Waals surface area contributed by atoms with Crippen molar-refractivity contribution in [3.05, 3.63) is 54.1 Å². The minimum atomic E-state index is -4.25. The van der Waals surface area contributed by atoms with Gasteiger partial charge in [0.15, 0.2) is 0 Å². The maximum atomic E-state index is 12.6. The van der Waals surface area contributed by atoms with E-state index in [1.54, 1.807) is 0 Å². The Kier molecular flexibility index (Phi) is 8.24. The number of hydrogen-bond donors (Lipinski definition) is 1. The van der Waals surface area contributed by atoms with Gasteiger partial charge in [-0.2, -0.15) is 13.2 Å². The van der Waals surface area contributed by atoms with Gasteiger partial charge in [0.25, 0.3) is 0 Å². The molecule has 0 aliphatic rings. The molecule has 0 bridgehead atoms. The zero-order chi connectivity index (χ0) is 16.7. The van der Waals surface area contributed by atoms with Crippen molar-refractivity contribution in [2.24, 2.45) is 5.73 Å². The molecule has 0 saturated heterocycles. The van der Waals surface area contributed by atoms with E-state index in [2.05, 4.69) is 4.98 Å². The van der Waals surface area contributed by atoms with Crippen molar-refractivity contribution >= 4 is 12.4 Å². The Balaban J connectivity index is 0.00000288. The first-order chi connectivity index (χ1) is 11.0. The van der Waals surface area contributed by atoms with Gasteiger partial charge in [0.1, 0.15) is 12.4 Å². The summed E-state index contributed by atoms with van der Waals surface area (Å²) in [5, 5.41) is 0. The van der Waals surface area contributed by atoms with Crippen LogP contribution < -0.4 is 5.73 Å². The monoisotopic (exact) mass is 362 g/mol. The summed E-state index contributed by atoms with van der Waals surface area (Å²) in [5.74, 6) is 0.406. The third kappa shape index (κ3) is 6.90. The first kappa shape index (κ1) is 20.5. The molecule has 24 heavy (non-hydrogen) atoms. The lowest BCUT2D eigenvalue weighted by molar-refractivity contribution is -0.141. The third-order valence-electron chi connectivity index (χ3n) is 3.52. The molecule has 0 aliphatic heterocycles. The lowest BCUT2D eigenvalue weighted by Gasteiger charge is -2.22. The average Bonchev–Trinajstić information content (AvgIpc) is 2.91. The predicted molar refractivity (Wildman–Crippen MR) is 90.0 cm³/mol. The van der Waals surface area contributed by atoms with Crippen LogP contribution >= 0.6 is 12.4 Å². The Hall–Kier alpha value is -1.57. The van der Waals surface area contributed by atoms with Crippen molar-refractivity contribution in [3.8, 4) is 0 Å². The molecular formula is C16H22ClF3N4. The van der Waals surface area contributed by atoms with Gasteiger partial charge in [-0.1, -0.05) is 30.3 Å². The minimum absolute atomic E-state index is 0. The summed E-state index contributed by atoms with van der Waals surface area (Å²) in [7, 11) is 0. The van der Waals surface area contributed by atoms with E-state index in [0.29, 0.717) is 25.5 Å². The SMILES string of the molecule is Cl.NCCN(CCc1ccccc1)Cc1nccn1CC(F)(F)F. The summed E-state index contributed by atoms with van der Waals surface area (Å²) >= 11 is 0. The van der Waals surface area contributed by atoms with Gasteiger partial charge in [0.2, 0.25) is 0 Å². The van der Waals surface area contributed by atoms with Gasteiger partial charge in [-0.05, 0) is 12.0 Å². The van der Waals surface area contributed by atoms with Crippen LogP contribution in [0.5, 0.6) is 0 Å². The van der Waals surface area contributed by atoms with E-state index in [0.717, 1.165) is 17.5 Å². The molecule has 1 heterocycles. The molecule has 0 radical (unpaired) electrons. The Labute approximate surface area is 145 Å². The largest absolute Gasteiger partial charge is 0.406 e. The lowest BCUT2D eigenvalue weighted by Crippen LogP contribution is -2.32. The quantitative estimate of drug-likeness (QED) is 0.785. The van der Waals surface area contributed by atoms with Gasteiger partial charge in [0.05, 0.1) is 6.54 Å². The molecule has 2 N–H and O–H groups in total. The van der Waals surface area contributed by atoms with Crippen LogP contribution in [0.1, 0.15) is 11.4 Å². The van der Waals surface area contributed by atoms with E-state index in [-0.39, 0.29) is 12.4 Å². The van der Waals surface area contributed by atoms with Crippen LogP contribution in [-0.2, 0) is 19.5 Å². The molecule has 8 heteroatoms. The van der Waals surface area contributed by atoms with Crippen LogP contribution in [0.2, 0.25) is 0 Å². The highest BCUT2D eigenvalue weighted by atomic mass is 35.5. The predicted octanol–water partition coefficient (Wildman–Crippen LogP) is 2.87. The summed E-state index contributed by atoms with van der Waals surface area (Å²) in [6.45, 7) is 1.13. The third-order valence-corrected chi connectivity index (χ3v) is 3.52. The number of hydrogen-bond acceptors (Lipinski definition) is 3. The fourth-order valence-electron chi connectivity index (χ4n) is 2.41. The first-order valence-corrected chi connectivity index (χ1v) is 7.51. The van der Waals surface area contributed by atoms with Crippen molar-refractivity contribution < 1.29 is 13.2 Å². The van der Waals surface area contributed by atoms with E-state index >= 15 is 0 Å². The summed E-state index contributed by atoms with van der Waals surface area (Å²) in [5.41, 5.74) is 6.81. The lowest BCUT2D eigenvalue weighted by atomic mass is 10.1. The van der Waals surface area contributed by atoms with E-state index in [1.807, 2.05) is 35.2 Å². The van der Waals surface area contributed by atoms with Gasteiger partial charge in [0, 0.05) is 32.0 Å². The van der Waals surface area contributed by atoms with Crippen LogP contribution in [0.3, 0.4) is 0 Å². The Morgan fingerprint density at radius 3 is 2.46 bits per heavy atom. The molecule has 1 aromatic carbocycles. The van der Waals surface area contributed by atoms with Crippen molar-refractivity contribution in [1.29, 1.82) is 0 Å². The smallest absolute Gasteiger partial charge is 0.329 e. The number of nitrogens with zero attached hydrogens (tertiary/aromatic N) is 3. The normalized spacial score (nSPS) is 11.5. The topological polar surface area (TPSA) is 47.1 Å². The van der Waals surface area contributed by atoms with Crippen LogP contribution in [-0.4, -0.2) is 40.3 Å². The van der Waals surface area contributed by atoms with Crippen LogP contribution in [0.15, 0.2) is 42.7 Å². The molecule has 1 aromatic heterocycles. The van der Waals surface area contributed by atoms with E-state index < -0.39 is 12.7 Å². The molecule has 0 spiro atoms. The molecule has 0 fully saturated rings. The Bertz CT molecular complexity index is 587. The van der Waals surface area contributed by atoms with Crippen molar-refractivity contribution in [2.45, 2.75) is 25.7 Å². The second-order valence-electron chi connectivity index (χ2n) is 5.39. The summed E-state index contributed by atoms with van der Waals surface area (Å²) in [6.07, 6.45) is -0.668. The molecule has 4 nitrogen and oxygen atoms in total. The Morgan fingerprint density at radius 2 is 1.83 bits per heavy atom. The number of halogens is 4. The van der Waals surface area contributed by atoms with Crippen LogP contribution in [0.25, 0.3) is 0 Å². The minimum Gasteiger partial charge on any atom is -0.329 e. The highest BCUT2D eigenvalue weighted by molar-refractivity contribution is 5.85. The van der Waals surface area contributed by atoms with E-state index in [1.165, 1.54) is 18.0 Å². The molecular weight excluding hydrogens is 341 g/mol. The van der Waals surface area contributed by atoms with E-state index in [9.17, 15) is 13.2 Å². The number of imidazole rings is 1. The Morgan fingerprint density at radius 1 is 1.12 bits per heavy atom. The molecule has 0 aliphatic carbocycles. The molecule has 0 saturated carbocycles. The van der Waals surface area contributed by atoms with Gasteiger partial charge >= 0.3 is 6.18 Å². The first-order valence-electron chi connectivity index (χ1n) is 7.51. The number of rotatable bonds is 8. The standard InChI is InChI=1S/C16H21F3N4.ClH/c17-16(18,19)13-23-11-8-21-15(23)12-22(10-7-20)9-6-14-4-2-1-3-5-14;/h1-5,8,11H,6-7,9-10,12-13,20H2;1H. The molecule has 0 atom stereocenters. The summed E-state index contributed by atoms with van der Waals surface area (Å²) < 4.78 is 38.9. The van der Waals surface area contributed by atoms with Crippen LogP contribution in [0.4, 0.5) is 13.2 Å². The van der Waals surface area contributed by atoms with Gasteiger partial charge in [-0.3, -0.25) is 4.90 Å². The average molecular weight is 363 g/mol. The van der Waals surface area contributed by atoms with E-state index in [4.69, 9.17) is 5.73 Å². The zero-order valence-corrected chi connectivity index (χ0v) is 14.1. The zero-order valence-electron chi connectivity index (χ0n) is 13.2. The fourth-order valence-corrected chi connectivity index (χ4v) is 2.41. The highest BCUT2D eigenvalue weighted by Crippen LogP contribution is 2.18. The van der Waals surface area contributed by atoms with Crippen molar-refractivity contribution in [2.75, 3.05) is 19.6 Å². The summed E-state index contributed by atoms with van der Waals surface area (Å²) in [4.78, 5) is 6.09. The number of nitrogens with two attached hydrogens (primary N) is 1.